The summed E-state index contributed by atoms with van der Waals surface area (Å²) in [6.07, 6.45) is 1.47. The van der Waals surface area contributed by atoms with Gasteiger partial charge in [0, 0.05) is 23.3 Å². The smallest absolute Gasteiger partial charge is 0.293 e. The molecule has 0 atom stereocenters. The first-order valence-electron chi connectivity index (χ1n) is 9.58. The van der Waals surface area contributed by atoms with Crippen molar-refractivity contribution in [2.24, 2.45) is 0 Å². The number of carbonyl (C=O) groups is 2. The summed E-state index contributed by atoms with van der Waals surface area (Å²) < 4.78 is 18.9. The number of furan rings is 1. The highest BCUT2D eigenvalue weighted by molar-refractivity contribution is 8.18. The molecule has 0 bridgehead atoms. The number of carbonyl (C=O) groups excluding carboxylic acids is 2. The Morgan fingerprint density at radius 1 is 1.12 bits per heavy atom. The fraction of sp³-hybridized carbons (Fsp3) is 0.130. The monoisotopic (exact) mass is 452 g/mol. The highest BCUT2D eigenvalue weighted by Gasteiger charge is 2.35. The molecule has 1 fully saturated rings. The lowest BCUT2D eigenvalue weighted by Crippen LogP contribution is -2.27. The molecule has 4 rings (SSSR count). The largest absolute Gasteiger partial charge is 0.457 e. The predicted molar refractivity (Wildman–Crippen MR) is 118 cm³/mol. The molecule has 2 amide bonds. The lowest BCUT2D eigenvalue weighted by atomic mass is 10.0. The van der Waals surface area contributed by atoms with Crippen LogP contribution in [0.5, 0.6) is 0 Å². The van der Waals surface area contributed by atoms with E-state index in [1.807, 2.05) is 0 Å². The van der Waals surface area contributed by atoms with Crippen molar-refractivity contribution in [3.63, 3.8) is 0 Å². The quantitative estimate of drug-likeness (QED) is 0.274. The van der Waals surface area contributed by atoms with Gasteiger partial charge in [-0.2, -0.15) is 0 Å². The van der Waals surface area contributed by atoms with Gasteiger partial charge in [0.2, 0.25) is 0 Å². The standard InChI is InChI=1S/C23H17FN2O5S/c1-13-9-16(10-19(14(13)2)26(29)30)20-8-7-18(31-20)11-21-22(27)25(23(28)32-21)12-15-3-5-17(24)6-4-15/h3-11H,12H2,1-2H3/b21-11+. The molecule has 1 aliphatic heterocycles. The van der Waals surface area contributed by atoms with Gasteiger partial charge in [-0.05, 0) is 67.1 Å². The van der Waals surface area contributed by atoms with Crippen LogP contribution in [0.2, 0.25) is 0 Å². The molecule has 0 aliphatic carbocycles. The zero-order valence-electron chi connectivity index (χ0n) is 17.1. The fourth-order valence-electron chi connectivity index (χ4n) is 3.30. The number of nitro groups is 1. The Hall–Kier alpha value is -3.72. The molecular weight excluding hydrogens is 435 g/mol. The highest BCUT2D eigenvalue weighted by atomic mass is 32.2. The van der Waals surface area contributed by atoms with E-state index in [1.165, 1.54) is 36.4 Å². The third-order valence-corrected chi connectivity index (χ3v) is 6.06. The van der Waals surface area contributed by atoms with Crippen molar-refractivity contribution in [3.05, 3.63) is 91.8 Å². The van der Waals surface area contributed by atoms with Crippen LogP contribution in [0.1, 0.15) is 22.5 Å². The number of halogens is 1. The molecule has 32 heavy (non-hydrogen) atoms. The summed E-state index contributed by atoms with van der Waals surface area (Å²) in [6.45, 7) is 3.51. The van der Waals surface area contributed by atoms with E-state index in [9.17, 15) is 24.1 Å². The number of imide groups is 1. The molecule has 2 aromatic carbocycles. The maximum Gasteiger partial charge on any atom is 0.293 e. The van der Waals surface area contributed by atoms with Gasteiger partial charge in [-0.25, -0.2) is 4.39 Å². The van der Waals surface area contributed by atoms with E-state index in [1.54, 1.807) is 32.0 Å². The molecular formula is C23H17FN2O5S. The number of thioether (sulfide) groups is 1. The summed E-state index contributed by atoms with van der Waals surface area (Å²) >= 11 is 0.790. The van der Waals surface area contributed by atoms with Crippen LogP contribution in [0.15, 0.2) is 57.9 Å². The Kier molecular flexibility index (Phi) is 5.67. The van der Waals surface area contributed by atoms with Gasteiger partial charge in [0.15, 0.2) is 0 Å². The predicted octanol–water partition coefficient (Wildman–Crippen LogP) is 5.85. The highest BCUT2D eigenvalue weighted by Crippen LogP contribution is 2.35. The number of rotatable bonds is 5. The van der Waals surface area contributed by atoms with E-state index >= 15 is 0 Å². The molecule has 7 nitrogen and oxygen atoms in total. The van der Waals surface area contributed by atoms with Crippen LogP contribution in [-0.4, -0.2) is 21.0 Å². The maximum atomic E-state index is 13.1. The summed E-state index contributed by atoms with van der Waals surface area (Å²) in [5, 5.41) is 10.9. The summed E-state index contributed by atoms with van der Waals surface area (Å²) in [7, 11) is 0. The van der Waals surface area contributed by atoms with Crippen molar-refractivity contribution in [3.8, 4) is 11.3 Å². The number of hydrogen-bond donors (Lipinski definition) is 0. The minimum Gasteiger partial charge on any atom is -0.457 e. The van der Waals surface area contributed by atoms with Gasteiger partial charge in [0.25, 0.3) is 16.8 Å². The minimum absolute atomic E-state index is 0.000127. The van der Waals surface area contributed by atoms with E-state index < -0.39 is 21.9 Å². The molecule has 0 N–H and O–H groups in total. The molecule has 1 aromatic heterocycles. The van der Waals surface area contributed by atoms with Crippen molar-refractivity contribution < 1.29 is 23.3 Å². The minimum atomic E-state index is -0.468. The average Bonchev–Trinajstić information content (AvgIpc) is 3.31. The summed E-state index contributed by atoms with van der Waals surface area (Å²) in [4.78, 5) is 37.2. The van der Waals surface area contributed by atoms with E-state index in [4.69, 9.17) is 4.42 Å². The van der Waals surface area contributed by atoms with E-state index in [0.29, 0.717) is 28.2 Å². The molecule has 1 saturated heterocycles. The molecule has 0 radical (unpaired) electrons. The molecule has 2 heterocycles. The van der Waals surface area contributed by atoms with Crippen molar-refractivity contribution in [1.82, 2.24) is 4.90 Å². The number of nitrogens with zero attached hydrogens (tertiary/aromatic N) is 2. The molecule has 9 heteroatoms. The fourth-order valence-corrected chi connectivity index (χ4v) is 4.11. The van der Waals surface area contributed by atoms with E-state index in [0.717, 1.165) is 22.2 Å². The lowest BCUT2D eigenvalue weighted by molar-refractivity contribution is -0.385. The molecule has 0 saturated carbocycles. The molecule has 1 aliphatic rings. The molecule has 3 aromatic rings. The number of nitro benzene ring substituents is 1. The lowest BCUT2D eigenvalue weighted by Gasteiger charge is -2.12. The zero-order valence-corrected chi connectivity index (χ0v) is 17.9. The summed E-state index contributed by atoms with van der Waals surface area (Å²) in [5.41, 5.74) is 2.52. The van der Waals surface area contributed by atoms with Gasteiger partial charge >= 0.3 is 0 Å². The normalized spacial score (nSPS) is 15.1. The number of benzene rings is 2. The Morgan fingerprint density at radius 3 is 2.53 bits per heavy atom. The van der Waals surface area contributed by atoms with Crippen LogP contribution in [0.25, 0.3) is 17.4 Å². The van der Waals surface area contributed by atoms with Crippen LogP contribution in [-0.2, 0) is 11.3 Å². The Bertz CT molecular complexity index is 1280. The van der Waals surface area contributed by atoms with Gasteiger partial charge in [0.1, 0.15) is 17.3 Å². The van der Waals surface area contributed by atoms with Gasteiger partial charge < -0.3 is 4.42 Å². The van der Waals surface area contributed by atoms with E-state index in [2.05, 4.69) is 0 Å². The first-order valence-corrected chi connectivity index (χ1v) is 10.4. The number of aryl methyl sites for hydroxylation is 1. The SMILES string of the molecule is Cc1cc(-c2ccc(/C=C3/SC(=O)N(Cc4ccc(F)cc4)C3=O)o2)cc([N+](=O)[O-])c1C. The van der Waals surface area contributed by atoms with Crippen molar-refractivity contribution in [1.29, 1.82) is 0 Å². The average molecular weight is 452 g/mol. The van der Waals surface area contributed by atoms with Crippen LogP contribution < -0.4 is 0 Å². The number of hydrogen-bond acceptors (Lipinski definition) is 6. The Balaban J connectivity index is 1.57. The Labute approximate surface area is 186 Å². The summed E-state index contributed by atoms with van der Waals surface area (Å²) in [5.74, 6) is -0.115. The van der Waals surface area contributed by atoms with Gasteiger partial charge in [-0.3, -0.25) is 24.6 Å². The van der Waals surface area contributed by atoms with Crippen molar-refractivity contribution in [2.45, 2.75) is 20.4 Å². The van der Waals surface area contributed by atoms with Crippen molar-refractivity contribution >= 4 is 34.7 Å². The molecule has 162 valence electrons. The molecule has 0 spiro atoms. The van der Waals surface area contributed by atoms with Crippen LogP contribution in [0.3, 0.4) is 0 Å². The second kappa shape index (κ2) is 8.43. The van der Waals surface area contributed by atoms with Crippen molar-refractivity contribution in [2.75, 3.05) is 0 Å². The number of amides is 2. The first kappa shape index (κ1) is 21.5. The summed E-state index contributed by atoms with van der Waals surface area (Å²) in [6, 6.07) is 12.1. The van der Waals surface area contributed by atoms with Crippen LogP contribution in [0.4, 0.5) is 14.9 Å². The van der Waals surface area contributed by atoms with Crippen LogP contribution in [0, 0.1) is 29.8 Å². The third-order valence-electron chi connectivity index (χ3n) is 5.15. The maximum absolute atomic E-state index is 13.1. The second-order valence-electron chi connectivity index (χ2n) is 7.29. The van der Waals surface area contributed by atoms with Gasteiger partial charge in [0.05, 0.1) is 16.4 Å². The topological polar surface area (TPSA) is 93.7 Å². The van der Waals surface area contributed by atoms with Crippen LogP contribution >= 0.6 is 11.8 Å². The Morgan fingerprint density at radius 2 is 1.84 bits per heavy atom. The zero-order chi connectivity index (χ0) is 23.0. The van der Waals surface area contributed by atoms with E-state index in [-0.39, 0.29) is 17.1 Å². The first-order chi connectivity index (χ1) is 15.2. The van der Waals surface area contributed by atoms with Gasteiger partial charge in [-0.1, -0.05) is 12.1 Å². The van der Waals surface area contributed by atoms with Gasteiger partial charge in [-0.15, -0.1) is 0 Å². The third kappa shape index (κ3) is 4.19. The second-order valence-corrected chi connectivity index (χ2v) is 8.28. The molecule has 0 unspecified atom stereocenters.